The van der Waals surface area contributed by atoms with E-state index in [2.05, 4.69) is 0 Å². The van der Waals surface area contributed by atoms with Gasteiger partial charge in [0.25, 0.3) is 0 Å². The molecule has 1 aliphatic heterocycles. The summed E-state index contributed by atoms with van der Waals surface area (Å²) in [6.07, 6.45) is 3.22. The molecule has 1 aliphatic carbocycles. The molecule has 1 aromatic rings. The molecule has 0 bridgehead atoms. The molecule has 1 atom stereocenters. The number of hydrogen-bond donors (Lipinski definition) is 0. The molecule has 1 aromatic carbocycles. The van der Waals surface area contributed by atoms with E-state index >= 15 is 0 Å². The van der Waals surface area contributed by atoms with Crippen LogP contribution in [-0.4, -0.2) is 37.0 Å². The number of benzene rings is 1. The van der Waals surface area contributed by atoms with Gasteiger partial charge in [-0.25, -0.2) is 4.79 Å². The lowest BCUT2D eigenvalue weighted by Crippen LogP contribution is -2.28. The maximum atomic E-state index is 11.8. The minimum Gasteiger partial charge on any atom is -0.493 e. The summed E-state index contributed by atoms with van der Waals surface area (Å²) in [5.74, 6) is 2.13. The van der Waals surface area contributed by atoms with E-state index in [9.17, 15) is 4.79 Å². The number of methoxy groups -OCH3 is 2. The van der Waals surface area contributed by atoms with Gasteiger partial charge < -0.3 is 9.47 Å². The van der Waals surface area contributed by atoms with Gasteiger partial charge in [0, 0.05) is 12.0 Å². The second kappa shape index (κ2) is 4.93. The van der Waals surface area contributed by atoms with Gasteiger partial charge >= 0.3 is 5.91 Å². The second-order valence-corrected chi connectivity index (χ2v) is 5.44. The molecule has 0 aromatic heterocycles. The van der Waals surface area contributed by atoms with Gasteiger partial charge in [0.1, 0.15) is 0 Å². The Morgan fingerprint density at radius 2 is 1.90 bits per heavy atom. The van der Waals surface area contributed by atoms with Crippen molar-refractivity contribution in [1.29, 1.82) is 0 Å². The molecule has 20 heavy (non-hydrogen) atoms. The van der Waals surface area contributed by atoms with Gasteiger partial charge in [-0.15, -0.1) is 0 Å². The summed E-state index contributed by atoms with van der Waals surface area (Å²) in [5.41, 5.74) is 3.59. The van der Waals surface area contributed by atoms with Gasteiger partial charge in [-0.1, -0.05) is 0 Å². The molecule has 3 rings (SSSR count). The average Bonchev–Trinajstić information content (AvgIpc) is 2.90. The van der Waals surface area contributed by atoms with E-state index in [1.54, 1.807) is 21.1 Å². The van der Waals surface area contributed by atoms with E-state index in [1.807, 2.05) is 16.7 Å². The molecule has 0 saturated carbocycles. The molecule has 0 radical (unpaired) electrons. The van der Waals surface area contributed by atoms with Crippen molar-refractivity contribution in [3.05, 3.63) is 23.3 Å². The third-order valence-corrected chi connectivity index (χ3v) is 4.41. The predicted molar refractivity (Wildman–Crippen MR) is 75.9 cm³/mol. The normalized spacial score (nSPS) is 20.4. The number of rotatable bonds is 2. The largest absolute Gasteiger partial charge is 0.493 e. The third-order valence-electron chi connectivity index (χ3n) is 4.41. The fourth-order valence-corrected chi connectivity index (χ4v) is 3.43. The van der Waals surface area contributed by atoms with Crippen molar-refractivity contribution < 1.29 is 18.8 Å². The molecule has 0 spiro atoms. The first-order chi connectivity index (χ1) is 9.65. The summed E-state index contributed by atoms with van der Waals surface area (Å²) >= 11 is 0. The van der Waals surface area contributed by atoms with E-state index in [4.69, 9.17) is 9.47 Å². The number of amides is 1. The van der Waals surface area contributed by atoms with Crippen molar-refractivity contribution in [2.75, 3.05) is 20.8 Å². The van der Waals surface area contributed by atoms with Crippen LogP contribution in [0.15, 0.2) is 12.1 Å². The van der Waals surface area contributed by atoms with Crippen molar-refractivity contribution in [3.8, 4) is 11.5 Å². The number of fused-ring (bicyclic) bond motifs is 3. The van der Waals surface area contributed by atoms with Gasteiger partial charge in [0.05, 0.1) is 27.1 Å². The Morgan fingerprint density at radius 3 is 2.55 bits per heavy atom. The molecular formula is C16H20NO3+. The Labute approximate surface area is 119 Å². The minimum atomic E-state index is 0.130. The van der Waals surface area contributed by atoms with Crippen LogP contribution in [0.3, 0.4) is 0 Å². The average molecular weight is 274 g/mol. The number of hydrogen-bond acceptors (Lipinski definition) is 3. The van der Waals surface area contributed by atoms with Crippen molar-refractivity contribution in [1.82, 2.24) is 0 Å². The molecule has 106 valence electrons. The molecule has 0 fully saturated rings. The van der Waals surface area contributed by atoms with Gasteiger partial charge in [-0.2, -0.15) is 4.58 Å². The quantitative estimate of drug-likeness (QED) is 0.774. The van der Waals surface area contributed by atoms with Crippen molar-refractivity contribution >= 4 is 11.6 Å². The van der Waals surface area contributed by atoms with Crippen LogP contribution < -0.4 is 9.47 Å². The number of carbonyl (C=O) groups is 1. The third kappa shape index (κ3) is 1.90. The summed E-state index contributed by atoms with van der Waals surface area (Å²) in [6.45, 7) is 2.48. The highest BCUT2D eigenvalue weighted by Gasteiger charge is 2.40. The zero-order valence-corrected chi connectivity index (χ0v) is 12.2. The van der Waals surface area contributed by atoms with E-state index < -0.39 is 0 Å². The molecule has 4 heteroatoms. The van der Waals surface area contributed by atoms with Crippen LogP contribution in [0.1, 0.15) is 30.9 Å². The summed E-state index contributed by atoms with van der Waals surface area (Å²) in [4.78, 5) is 11.8. The first-order valence-corrected chi connectivity index (χ1v) is 7.06. The lowest BCUT2D eigenvalue weighted by molar-refractivity contribution is -0.438. The van der Waals surface area contributed by atoms with Crippen LogP contribution in [0.5, 0.6) is 11.5 Å². The minimum absolute atomic E-state index is 0.130. The molecular weight excluding hydrogens is 254 g/mol. The molecule has 1 unspecified atom stereocenters. The standard InChI is InChI=1S/C16H20NO3/c1-10(18)17-7-6-11-4-5-12-8-14(19-2)15(20-3)9-13(12)16(11)17/h8-9,11H,4-7H2,1-3H3/q+1. The smallest absolute Gasteiger partial charge is 0.384 e. The van der Waals surface area contributed by atoms with Crippen molar-refractivity contribution in [2.24, 2.45) is 5.92 Å². The number of carbonyl (C=O) groups excluding carboxylic acids is 1. The van der Waals surface area contributed by atoms with Crippen LogP contribution in [-0.2, 0) is 11.2 Å². The maximum absolute atomic E-state index is 11.8. The number of nitrogens with zero attached hydrogens (tertiary/aromatic N) is 1. The Balaban J connectivity index is 2.19. The zero-order chi connectivity index (χ0) is 14.3. The lowest BCUT2D eigenvalue weighted by atomic mass is 9.81. The van der Waals surface area contributed by atoms with E-state index in [1.165, 1.54) is 11.3 Å². The van der Waals surface area contributed by atoms with Gasteiger partial charge in [-0.3, -0.25) is 0 Å². The van der Waals surface area contributed by atoms with Crippen LogP contribution in [0.2, 0.25) is 0 Å². The Kier molecular flexibility index (Phi) is 3.24. The summed E-state index contributed by atoms with van der Waals surface area (Å²) in [6, 6.07) is 4.07. The number of aryl methyl sites for hydroxylation is 1. The highest BCUT2D eigenvalue weighted by molar-refractivity contribution is 6.04. The lowest BCUT2D eigenvalue weighted by Gasteiger charge is -2.21. The van der Waals surface area contributed by atoms with Crippen LogP contribution in [0.4, 0.5) is 0 Å². The summed E-state index contributed by atoms with van der Waals surface area (Å²) in [7, 11) is 3.30. The van der Waals surface area contributed by atoms with Crippen LogP contribution in [0.25, 0.3) is 0 Å². The topological polar surface area (TPSA) is 38.5 Å². The van der Waals surface area contributed by atoms with E-state index in [0.717, 1.165) is 42.9 Å². The van der Waals surface area contributed by atoms with E-state index in [0.29, 0.717) is 5.92 Å². The first kappa shape index (κ1) is 13.2. The second-order valence-electron chi connectivity index (χ2n) is 5.44. The van der Waals surface area contributed by atoms with Crippen LogP contribution >= 0.6 is 0 Å². The fraction of sp³-hybridized carbons (Fsp3) is 0.500. The van der Waals surface area contributed by atoms with Crippen LogP contribution in [0, 0.1) is 5.92 Å². The number of ether oxygens (including phenoxy) is 2. The first-order valence-electron chi connectivity index (χ1n) is 7.06. The molecule has 1 heterocycles. The fourth-order valence-electron chi connectivity index (χ4n) is 3.43. The van der Waals surface area contributed by atoms with Gasteiger partial charge in [-0.05, 0) is 30.5 Å². The van der Waals surface area contributed by atoms with Crippen molar-refractivity contribution in [3.63, 3.8) is 0 Å². The molecule has 2 aliphatic rings. The van der Waals surface area contributed by atoms with E-state index in [-0.39, 0.29) is 5.91 Å². The summed E-state index contributed by atoms with van der Waals surface area (Å²) in [5, 5.41) is 0. The molecule has 0 saturated heterocycles. The highest BCUT2D eigenvalue weighted by atomic mass is 16.5. The van der Waals surface area contributed by atoms with Gasteiger partial charge in [0.15, 0.2) is 23.8 Å². The Hall–Kier alpha value is -1.84. The Bertz CT molecular complexity index is 604. The Morgan fingerprint density at radius 1 is 1.20 bits per heavy atom. The molecule has 4 nitrogen and oxygen atoms in total. The van der Waals surface area contributed by atoms with Gasteiger partial charge in [0.2, 0.25) is 0 Å². The van der Waals surface area contributed by atoms with Crippen molar-refractivity contribution in [2.45, 2.75) is 26.2 Å². The molecule has 0 N–H and O–H groups in total. The maximum Gasteiger partial charge on any atom is 0.384 e. The summed E-state index contributed by atoms with van der Waals surface area (Å²) < 4.78 is 12.7. The highest BCUT2D eigenvalue weighted by Crippen LogP contribution is 2.38. The zero-order valence-electron chi connectivity index (χ0n) is 12.2. The molecule has 1 amide bonds. The monoisotopic (exact) mass is 274 g/mol. The SMILES string of the molecule is COc1cc2c(cc1OC)C1=[N+](C(C)=O)CCC1CC2. The predicted octanol–water partition coefficient (Wildman–Crippen LogP) is 2.02.